The fourth-order valence-electron chi connectivity index (χ4n) is 1.34. The summed E-state index contributed by atoms with van der Waals surface area (Å²) in [5, 5.41) is 3.23. The van der Waals surface area contributed by atoms with E-state index in [2.05, 4.69) is 43.3 Å². The zero-order valence-corrected chi connectivity index (χ0v) is 10.5. The molecule has 0 bridgehead atoms. The third-order valence-electron chi connectivity index (χ3n) is 2.14. The standard InChI is InChI=1S/C12H12BrN3/c1-9-6-14-8-12(16-9)15-7-10-2-4-11(13)5-3-10/h2-6,8H,7H2,1H3,(H,15,16). The van der Waals surface area contributed by atoms with Crippen LogP contribution in [0.2, 0.25) is 0 Å². The van der Waals surface area contributed by atoms with E-state index in [4.69, 9.17) is 0 Å². The molecule has 2 aromatic rings. The van der Waals surface area contributed by atoms with Crippen LogP contribution < -0.4 is 5.32 Å². The topological polar surface area (TPSA) is 37.8 Å². The molecule has 0 aliphatic carbocycles. The molecule has 3 nitrogen and oxygen atoms in total. The van der Waals surface area contributed by atoms with Crippen molar-refractivity contribution < 1.29 is 0 Å². The highest BCUT2D eigenvalue weighted by Crippen LogP contribution is 2.11. The second kappa shape index (κ2) is 5.07. The van der Waals surface area contributed by atoms with E-state index in [1.54, 1.807) is 12.4 Å². The van der Waals surface area contributed by atoms with Crippen LogP contribution in [0.4, 0.5) is 5.82 Å². The average Bonchev–Trinajstić information content (AvgIpc) is 2.28. The second-order valence-corrected chi connectivity index (χ2v) is 4.44. The fourth-order valence-corrected chi connectivity index (χ4v) is 1.61. The SMILES string of the molecule is Cc1cncc(NCc2ccc(Br)cc2)n1. The minimum Gasteiger partial charge on any atom is -0.365 e. The smallest absolute Gasteiger partial charge is 0.145 e. The molecule has 4 heteroatoms. The second-order valence-electron chi connectivity index (χ2n) is 3.53. The number of halogens is 1. The normalized spacial score (nSPS) is 10.1. The molecule has 0 fully saturated rings. The van der Waals surface area contributed by atoms with E-state index in [1.165, 1.54) is 5.56 Å². The van der Waals surface area contributed by atoms with Gasteiger partial charge in [0.15, 0.2) is 0 Å². The Labute approximate surface area is 103 Å². The van der Waals surface area contributed by atoms with Crippen LogP contribution in [0.5, 0.6) is 0 Å². The molecule has 0 radical (unpaired) electrons. The summed E-state index contributed by atoms with van der Waals surface area (Å²) in [5.74, 6) is 0.808. The molecule has 82 valence electrons. The quantitative estimate of drug-likeness (QED) is 0.937. The van der Waals surface area contributed by atoms with Gasteiger partial charge < -0.3 is 5.32 Å². The molecule has 0 aliphatic heterocycles. The van der Waals surface area contributed by atoms with Crippen molar-refractivity contribution in [3.05, 3.63) is 52.4 Å². The molecule has 0 amide bonds. The molecule has 0 saturated carbocycles. The Bertz CT molecular complexity index is 468. The summed E-state index contributed by atoms with van der Waals surface area (Å²) in [6.45, 7) is 2.68. The first kappa shape index (κ1) is 11.1. The number of aromatic nitrogens is 2. The summed E-state index contributed by atoms with van der Waals surface area (Å²) in [6, 6.07) is 8.19. The zero-order chi connectivity index (χ0) is 11.4. The van der Waals surface area contributed by atoms with Gasteiger partial charge in [0, 0.05) is 17.2 Å². The number of hydrogen-bond acceptors (Lipinski definition) is 3. The first-order valence-corrected chi connectivity index (χ1v) is 5.80. The Kier molecular flexibility index (Phi) is 3.51. The summed E-state index contributed by atoms with van der Waals surface area (Å²) in [7, 11) is 0. The molecule has 1 N–H and O–H groups in total. The predicted octanol–water partition coefficient (Wildman–Crippen LogP) is 3.16. The molecule has 1 aromatic heterocycles. The molecule has 0 saturated heterocycles. The van der Waals surface area contributed by atoms with Gasteiger partial charge in [-0.1, -0.05) is 28.1 Å². The Morgan fingerprint density at radius 3 is 2.62 bits per heavy atom. The van der Waals surface area contributed by atoms with Crippen LogP contribution in [0.15, 0.2) is 41.1 Å². The molecule has 16 heavy (non-hydrogen) atoms. The van der Waals surface area contributed by atoms with Gasteiger partial charge in [-0.15, -0.1) is 0 Å². The number of anilines is 1. The molecule has 1 aromatic carbocycles. The van der Waals surface area contributed by atoms with Crippen molar-refractivity contribution in [1.29, 1.82) is 0 Å². The lowest BCUT2D eigenvalue weighted by Crippen LogP contribution is -2.02. The minimum absolute atomic E-state index is 0.755. The van der Waals surface area contributed by atoms with Gasteiger partial charge in [-0.05, 0) is 24.6 Å². The van der Waals surface area contributed by atoms with E-state index in [1.807, 2.05) is 19.1 Å². The average molecular weight is 278 g/mol. The lowest BCUT2D eigenvalue weighted by molar-refractivity contribution is 1.05. The Morgan fingerprint density at radius 2 is 1.94 bits per heavy atom. The van der Waals surface area contributed by atoms with E-state index in [0.717, 1.165) is 22.5 Å². The monoisotopic (exact) mass is 277 g/mol. The van der Waals surface area contributed by atoms with E-state index in [0.29, 0.717) is 0 Å². The largest absolute Gasteiger partial charge is 0.365 e. The van der Waals surface area contributed by atoms with Crippen LogP contribution >= 0.6 is 15.9 Å². The van der Waals surface area contributed by atoms with Gasteiger partial charge >= 0.3 is 0 Å². The minimum atomic E-state index is 0.755. The van der Waals surface area contributed by atoms with Gasteiger partial charge in [-0.2, -0.15) is 0 Å². The maximum atomic E-state index is 4.32. The van der Waals surface area contributed by atoms with Crippen molar-refractivity contribution >= 4 is 21.7 Å². The third-order valence-corrected chi connectivity index (χ3v) is 2.67. The highest BCUT2D eigenvalue weighted by Gasteiger charge is 1.96. The van der Waals surface area contributed by atoms with Gasteiger partial charge in [-0.25, -0.2) is 4.98 Å². The zero-order valence-electron chi connectivity index (χ0n) is 8.94. The molecule has 0 spiro atoms. The van der Waals surface area contributed by atoms with Crippen molar-refractivity contribution in [3.63, 3.8) is 0 Å². The van der Waals surface area contributed by atoms with Crippen molar-refractivity contribution in [1.82, 2.24) is 9.97 Å². The first-order chi connectivity index (χ1) is 7.74. The molecule has 2 rings (SSSR count). The first-order valence-electron chi connectivity index (χ1n) is 5.01. The summed E-state index contributed by atoms with van der Waals surface area (Å²) in [6.07, 6.45) is 3.47. The number of benzene rings is 1. The lowest BCUT2D eigenvalue weighted by atomic mass is 10.2. The highest BCUT2D eigenvalue weighted by molar-refractivity contribution is 9.10. The van der Waals surface area contributed by atoms with Crippen LogP contribution in [0.3, 0.4) is 0 Å². The lowest BCUT2D eigenvalue weighted by Gasteiger charge is -2.05. The number of nitrogens with zero attached hydrogens (tertiary/aromatic N) is 2. The highest BCUT2D eigenvalue weighted by atomic mass is 79.9. The van der Waals surface area contributed by atoms with Crippen LogP contribution in [0.25, 0.3) is 0 Å². The number of hydrogen-bond donors (Lipinski definition) is 1. The van der Waals surface area contributed by atoms with Crippen molar-refractivity contribution in [2.24, 2.45) is 0 Å². The van der Waals surface area contributed by atoms with Crippen molar-refractivity contribution in [2.45, 2.75) is 13.5 Å². The summed E-state index contributed by atoms with van der Waals surface area (Å²) < 4.78 is 1.09. The molecule has 0 aliphatic rings. The summed E-state index contributed by atoms with van der Waals surface area (Å²) >= 11 is 3.41. The molecule has 0 unspecified atom stereocenters. The predicted molar refractivity (Wildman–Crippen MR) is 68.2 cm³/mol. The van der Waals surface area contributed by atoms with E-state index < -0.39 is 0 Å². The Hall–Kier alpha value is -1.42. The van der Waals surface area contributed by atoms with Crippen LogP contribution in [0.1, 0.15) is 11.3 Å². The van der Waals surface area contributed by atoms with Gasteiger partial charge in [0.1, 0.15) is 5.82 Å². The molecular weight excluding hydrogens is 266 g/mol. The molecule has 0 atom stereocenters. The van der Waals surface area contributed by atoms with Crippen LogP contribution in [0, 0.1) is 6.92 Å². The number of rotatable bonds is 3. The third kappa shape index (κ3) is 3.03. The van der Waals surface area contributed by atoms with Crippen molar-refractivity contribution in [2.75, 3.05) is 5.32 Å². The van der Waals surface area contributed by atoms with E-state index in [-0.39, 0.29) is 0 Å². The van der Waals surface area contributed by atoms with E-state index >= 15 is 0 Å². The summed E-state index contributed by atoms with van der Waals surface area (Å²) in [5.41, 5.74) is 2.13. The van der Waals surface area contributed by atoms with Gasteiger partial charge in [0.2, 0.25) is 0 Å². The number of nitrogens with one attached hydrogen (secondary N) is 1. The van der Waals surface area contributed by atoms with Crippen LogP contribution in [-0.2, 0) is 6.54 Å². The maximum Gasteiger partial charge on any atom is 0.145 e. The van der Waals surface area contributed by atoms with Crippen molar-refractivity contribution in [3.8, 4) is 0 Å². The summed E-state index contributed by atoms with van der Waals surface area (Å²) in [4.78, 5) is 8.40. The fraction of sp³-hybridized carbons (Fsp3) is 0.167. The molecular formula is C12H12BrN3. The Balaban J connectivity index is 1.99. The van der Waals surface area contributed by atoms with Gasteiger partial charge in [0.25, 0.3) is 0 Å². The van der Waals surface area contributed by atoms with Gasteiger partial charge in [0.05, 0.1) is 11.9 Å². The van der Waals surface area contributed by atoms with E-state index in [9.17, 15) is 0 Å². The number of aryl methyl sites for hydroxylation is 1. The van der Waals surface area contributed by atoms with Gasteiger partial charge in [-0.3, -0.25) is 4.98 Å². The van der Waals surface area contributed by atoms with Crippen LogP contribution in [-0.4, -0.2) is 9.97 Å². The molecule has 1 heterocycles. The maximum absolute atomic E-state index is 4.32. The Morgan fingerprint density at radius 1 is 1.19 bits per heavy atom.